The van der Waals surface area contributed by atoms with Crippen molar-refractivity contribution >= 4 is 11.9 Å². The number of amides is 1. The van der Waals surface area contributed by atoms with Crippen LogP contribution in [0.2, 0.25) is 0 Å². The molecule has 0 unspecified atom stereocenters. The summed E-state index contributed by atoms with van der Waals surface area (Å²) in [7, 11) is 0. The number of aromatic nitrogens is 3. The van der Waals surface area contributed by atoms with Crippen LogP contribution in [0.3, 0.4) is 0 Å². The number of rotatable bonds is 3. The summed E-state index contributed by atoms with van der Waals surface area (Å²) < 4.78 is 39.3. The van der Waals surface area contributed by atoms with E-state index in [0.717, 1.165) is 6.07 Å². The number of likely N-dealkylation sites (tertiary alicyclic amines) is 1. The standard InChI is InChI=1S/C17H17F3N4O3/c1-10-12(16(26)27)2-3-13(21-10)15(25)23-7-4-11(5-8-23)24-9-6-14(22-24)17(18,19)20/h2-3,6,9,11H,4-5,7-8H2,1H3,(H,26,27). The van der Waals surface area contributed by atoms with E-state index in [2.05, 4.69) is 10.1 Å². The fourth-order valence-corrected chi connectivity index (χ4v) is 3.09. The van der Waals surface area contributed by atoms with Crippen LogP contribution in [0, 0.1) is 6.92 Å². The molecule has 1 amide bonds. The number of carboxylic acids is 1. The van der Waals surface area contributed by atoms with E-state index in [4.69, 9.17) is 5.11 Å². The first-order valence-electron chi connectivity index (χ1n) is 8.29. The van der Waals surface area contributed by atoms with E-state index in [9.17, 15) is 22.8 Å². The molecule has 1 N–H and O–H groups in total. The first-order valence-corrected chi connectivity index (χ1v) is 8.29. The fourth-order valence-electron chi connectivity index (χ4n) is 3.09. The number of carbonyl (C=O) groups is 2. The SMILES string of the molecule is Cc1nc(C(=O)N2CCC(n3ccc(C(F)(F)F)n3)CC2)ccc1C(=O)O. The van der Waals surface area contributed by atoms with Crippen LogP contribution in [0.1, 0.15) is 51.1 Å². The van der Waals surface area contributed by atoms with E-state index in [1.54, 1.807) is 4.90 Å². The number of carbonyl (C=O) groups excluding carboxylic acids is 1. The molecule has 0 radical (unpaired) electrons. The molecular formula is C17H17F3N4O3. The second kappa shape index (κ2) is 7.01. The molecule has 7 nitrogen and oxygen atoms in total. The fraction of sp³-hybridized carbons (Fsp3) is 0.412. The highest BCUT2D eigenvalue weighted by Gasteiger charge is 2.34. The number of halogens is 3. The lowest BCUT2D eigenvalue weighted by molar-refractivity contribution is -0.141. The third kappa shape index (κ3) is 3.93. The number of alkyl halides is 3. The quantitative estimate of drug-likeness (QED) is 0.882. The Bertz CT molecular complexity index is 871. The summed E-state index contributed by atoms with van der Waals surface area (Å²) in [6, 6.07) is 3.43. The molecule has 1 fully saturated rings. The predicted molar refractivity (Wildman–Crippen MR) is 87.3 cm³/mol. The summed E-state index contributed by atoms with van der Waals surface area (Å²) in [5.74, 6) is -1.44. The predicted octanol–water partition coefficient (Wildman–Crippen LogP) is 2.78. The second-order valence-electron chi connectivity index (χ2n) is 6.34. The lowest BCUT2D eigenvalue weighted by Crippen LogP contribution is -2.39. The van der Waals surface area contributed by atoms with Gasteiger partial charge in [-0.1, -0.05) is 0 Å². The lowest BCUT2D eigenvalue weighted by Gasteiger charge is -2.32. The average molecular weight is 382 g/mol. The normalized spacial score (nSPS) is 15.8. The molecule has 3 rings (SSSR count). The summed E-state index contributed by atoms with van der Waals surface area (Å²) in [5.41, 5.74) is -0.502. The second-order valence-corrected chi connectivity index (χ2v) is 6.34. The van der Waals surface area contributed by atoms with Gasteiger partial charge in [0.05, 0.1) is 17.3 Å². The molecule has 0 aliphatic carbocycles. The van der Waals surface area contributed by atoms with E-state index in [1.807, 2.05) is 0 Å². The van der Waals surface area contributed by atoms with E-state index in [0.29, 0.717) is 25.9 Å². The number of hydrogen-bond acceptors (Lipinski definition) is 4. The van der Waals surface area contributed by atoms with Crippen LogP contribution in [0.5, 0.6) is 0 Å². The molecule has 2 aromatic rings. The largest absolute Gasteiger partial charge is 0.478 e. The smallest absolute Gasteiger partial charge is 0.435 e. The zero-order valence-electron chi connectivity index (χ0n) is 14.4. The molecule has 144 valence electrons. The molecule has 27 heavy (non-hydrogen) atoms. The number of pyridine rings is 1. The molecule has 1 aliphatic heterocycles. The lowest BCUT2D eigenvalue weighted by atomic mass is 10.0. The van der Waals surface area contributed by atoms with E-state index < -0.39 is 17.8 Å². The van der Waals surface area contributed by atoms with Gasteiger partial charge in [-0.25, -0.2) is 9.78 Å². The Morgan fingerprint density at radius 3 is 2.37 bits per heavy atom. The number of piperidine rings is 1. The summed E-state index contributed by atoms with van der Waals surface area (Å²) in [5, 5.41) is 12.6. The van der Waals surface area contributed by atoms with Crippen molar-refractivity contribution in [2.45, 2.75) is 32.0 Å². The van der Waals surface area contributed by atoms with Gasteiger partial charge in [-0.05, 0) is 38.0 Å². The van der Waals surface area contributed by atoms with Crippen molar-refractivity contribution in [1.29, 1.82) is 0 Å². The summed E-state index contributed by atoms with van der Waals surface area (Å²) in [6.07, 6.45) is -2.23. The monoisotopic (exact) mass is 382 g/mol. The number of carboxylic acid groups (broad SMARTS) is 1. The average Bonchev–Trinajstić information content (AvgIpc) is 3.11. The maximum Gasteiger partial charge on any atom is 0.435 e. The molecule has 1 aliphatic rings. The van der Waals surface area contributed by atoms with Gasteiger partial charge in [0.15, 0.2) is 5.69 Å². The summed E-state index contributed by atoms with van der Waals surface area (Å²) >= 11 is 0. The highest BCUT2D eigenvalue weighted by molar-refractivity contribution is 5.94. The Hall–Kier alpha value is -2.91. The Labute approximate surface area is 152 Å². The van der Waals surface area contributed by atoms with Crippen LogP contribution in [0.15, 0.2) is 24.4 Å². The maximum atomic E-state index is 12.7. The van der Waals surface area contributed by atoms with Crippen molar-refractivity contribution in [2.75, 3.05) is 13.1 Å². The van der Waals surface area contributed by atoms with Gasteiger partial charge in [0, 0.05) is 19.3 Å². The molecule has 1 saturated heterocycles. The number of hydrogen-bond donors (Lipinski definition) is 1. The minimum atomic E-state index is -4.48. The van der Waals surface area contributed by atoms with Gasteiger partial charge in [0.25, 0.3) is 5.91 Å². The minimum absolute atomic E-state index is 0.0319. The molecule has 0 aromatic carbocycles. The van der Waals surface area contributed by atoms with Gasteiger partial charge in [0.1, 0.15) is 5.69 Å². The molecule has 2 aromatic heterocycles. The molecule has 10 heteroatoms. The molecule has 0 saturated carbocycles. The first-order chi connectivity index (χ1) is 12.7. The summed E-state index contributed by atoms with van der Waals surface area (Å²) in [6.45, 7) is 2.22. The molecule has 0 atom stereocenters. The first kappa shape index (κ1) is 18.9. The highest BCUT2D eigenvalue weighted by Crippen LogP contribution is 2.29. The summed E-state index contributed by atoms with van der Waals surface area (Å²) in [4.78, 5) is 29.2. The van der Waals surface area contributed by atoms with Gasteiger partial charge >= 0.3 is 12.1 Å². The van der Waals surface area contributed by atoms with E-state index in [-0.39, 0.29) is 28.9 Å². The topological polar surface area (TPSA) is 88.3 Å². The third-order valence-corrected chi connectivity index (χ3v) is 4.56. The van der Waals surface area contributed by atoms with Crippen LogP contribution in [-0.2, 0) is 6.18 Å². The Balaban J connectivity index is 1.65. The van der Waals surface area contributed by atoms with Gasteiger partial charge in [-0.2, -0.15) is 18.3 Å². The van der Waals surface area contributed by atoms with Crippen LogP contribution in [0.25, 0.3) is 0 Å². The van der Waals surface area contributed by atoms with Crippen LogP contribution in [-0.4, -0.2) is 49.7 Å². The Morgan fingerprint density at radius 1 is 1.19 bits per heavy atom. The minimum Gasteiger partial charge on any atom is -0.478 e. The van der Waals surface area contributed by atoms with Crippen molar-refractivity contribution in [3.05, 3.63) is 47.0 Å². The van der Waals surface area contributed by atoms with Crippen molar-refractivity contribution in [2.24, 2.45) is 0 Å². The number of aromatic carboxylic acids is 1. The molecule has 3 heterocycles. The Morgan fingerprint density at radius 2 is 1.85 bits per heavy atom. The van der Waals surface area contributed by atoms with Crippen molar-refractivity contribution < 1.29 is 27.9 Å². The zero-order valence-corrected chi connectivity index (χ0v) is 14.4. The van der Waals surface area contributed by atoms with Gasteiger partial charge in [-0.3, -0.25) is 9.48 Å². The Kier molecular flexibility index (Phi) is 4.90. The van der Waals surface area contributed by atoms with Crippen molar-refractivity contribution in [3.8, 4) is 0 Å². The molecular weight excluding hydrogens is 365 g/mol. The highest BCUT2D eigenvalue weighted by atomic mass is 19.4. The van der Waals surface area contributed by atoms with Crippen LogP contribution >= 0.6 is 0 Å². The van der Waals surface area contributed by atoms with Crippen molar-refractivity contribution in [3.63, 3.8) is 0 Å². The van der Waals surface area contributed by atoms with Crippen LogP contribution < -0.4 is 0 Å². The maximum absolute atomic E-state index is 12.7. The van der Waals surface area contributed by atoms with E-state index in [1.165, 1.54) is 29.9 Å². The number of nitrogens with zero attached hydrogens (tertiary/aromatic N) is 4. The third-order valence-electron chi connectivity index (χ3n) is 4.56. The van der Waals surface area contributed by atoms with Gasteiger partial charge in [0.2, 0.25) is 0 Å². The van der Waals surface area contributed by atoms with Gasteiger partial charge < -0.3 is 10.0 Å². The van der Waals surface area contributed by atoms with Crippen molar-refractivity contribution in [1.82, 2.24) is 19.7 Å². The van der Waals surface area contributed by atoms with E-state index >= 15 is 0 Å². The molecule has 0 spiro atoms. The molecule has 0 bridgehead atoms. The number of aryl methyl sites for hydroxylation is 1. The zero-order chi connectivity index (χ0) is 19.8. The van der Waals surface area contributed by atoms with Gasteiger partial charge in [-0.15, -0.1) is 0 Å². The van der Waals surface area contributed by atoms with Crippen LogP contribution in [0.4, 0.5) is 13.2 Å².